The quantitative estimate of drug-likeness (QED) is 0.401. The highest BCUT2D eigenvalue weighted by Gasteiger charge is 2.21. The van der Waals surface area contributed by atoms with Gasteiger partial charge in [0.05, 0.1) is 48.3 Å². The molecule has 0 atom stereocenters. The van der Waals surface area contributed by atoms with Gasteiger partial charge in [0.2, 0.25) is 0 Å². The van der Waals surface area contributed by atoms with Gasteiger partial charge in [0.15, 0.2) is 16.6 Å². The predicted molar refractivity (Wildman–Crippen MR) is 127 cm³/mol. The van der Waals surface area contributed by atoms with Gasteiger partial charge in [-0.2, -0.15) is 0 Å². The van der Waals surface area contributed by atoms with E-state index in [1.165, 1.54) is 42.4 Å². The number of nitrogens with zero attached hydrogens (tertiary/aromatic N) is 4. The number of methoxy groups -OCH3 is 2. The van der Waals surface area contributed by atoms with Gasteiger partial charge in [0.1, 0.15) is 0 Å². The van der Waals surface area contributed by atoms with Crippen molar-refractivity contribution >= 4 is 37.7 Å². The molecule has 0 radical (unpaired) electrons. The lowest BCUT2D eigenvalue weighted by Crippen LogP contribution is -2.33. The van der Waals surface area contributed by atoms with Crippen molar-refractivity contribution in [2.45, 2.75) is 44.7 Å². The summed E-state index contributed by atoms with van der Waals surface area (Å²) in [6.07, 6.45) is 8.44. The van der Waals surface area contributed by atoms with Crippen LogP contribution in [0, 0.1) is 0 Å². The van der Waals surface area contributed by atoms with E-state index in [1.807, 2.05) is 18.5 Å². The molecule has 0 N–H and O–H groups in total. The Labute approximate surface area is 186 Å². The monoisotopic (exact) mass is 436 g/mol. The molecule has 2 heterocycles. The normalized spacial score (nSPS) is 14.9. The number of rotatable bonds is 6. The summed E-state index contributed by atoms with van der Waals surface area (Å²) >= 11 is 1.79. The van der Waals surface area contributed by atoms with Crippen LogP contribution < -0.4 is 14.4 Å². The predicted octanol–water partition coefficient (Wildman–Crippen LogP) is 5.48. The number of aromatic nitrogens is 3. The van der Waals surface area contributed by atoms with E-state index in [0.717, 1.165) is 21.7 Å². The van der Waals surface area contributed by atoms with Gasteiger partial charge in [-0.25, -0.2) is 9.97 Å². The smallest absolute Gasteiger partial charge is 0.186 e. The minimum atomic E-state index is 0.609. The Morgan fingerprint density at radius 1 is 1.10 bits per heavy atom. The first-order chi connectivity index (χ1) is 15.2. The number of ether oxygens (including phenoxy) is 2. The van der Waals surface area contributed by atoms with Gasteiger partial charge in [-0.15, -0.1) is 0 Å². The molecule has 2 aromatic carbocycles. The fourth-order valence-corrected chi connectivity index (χ4v) is 5.64. The molecule has 1 aliphatic carbocycles. The molecule has 0 saturated heterocycles. The first kappa shape index (κ1) is 20.1. The van der Waals surface area contributed by atoms with Crippen molar-refractivity contribution in [3.8, 4) is 11.5 Å². The average Bonchev–Trinajstić information content (AvgIpc) is 3.43. The first-order valence-corrected chi connectivity index (χ1v) is 11.7. The lowest BCUT2D eigenvalue weighted by Gasteiger charge is -2.30. The topological polar surface area (TPSA) is 52.4 Å². The summed E-state index contributed by atoms with van der Waals surface area (Å²) in [6.45, 7) is 0.708. The molecule has 6 nitrogen and oxygen atoms in total. The van der Waals surface area contributed by atoms with E-state index in [1.54, 1.807) is 25.6 Å². The number of hydrogen-bond donors (Lipinski definition) is 0. The van der Waals surface area contributed by atoms with Gasteiger partial charge < -0.3 is 18.9 Å². The molecule has 1 aliphatic rings. The molecule has 162 valence electrons. The Kier molecular flexibility index (Phi) is 5.44. The van der Waals surface area contributed by atoms with Crippen molar-refractivity contribution in [1.82, 2.24) is 14.5 Å². The molecule has 31 heavy (non-hydrogen) atoms. The fourth-order valence-electron chi connectivity index (χ4n) is 4.59. The third kappa shape index (κ3) is 3.71. The highest BCUT2D eigenvalue weighted by atomic mass is 32.1. The van der Waals surface area contributed by atoms with Gasteiger partial charge in [0, 0.05) is 25.2 Å². The minimum absolute atomic E-state index is 0.609. The van der Waals surface area contributed by atoms with Gasteiger partial charge in [0.25, 0.3) is 0 Å². The summed E-state index contributed by atoms with van der Waals surface area (Å²) in [7, 11) is 5.51. The zero-order chi connectivity index (χ0) is 21.4. The summed E-state index contributed by atoms with van der Waals surface area (Å²) < 4.78 is 14.3. The van der Waals surface area contributed by atoms with Crippen LogP contribution in [0.2, 0.25) is 0 Å². The first-order valence-electron chi connectivity index (χ1n) is 10.9. The van der Waals surface area contributed by atoms with Crippen LogP contribution in [-0.2, 0) is 6.54 Å². The summed E-state index contributed by atoms with van der Waals surface area (Å²) in [4.78, 5) is 12.1. The van der Waals surface area contributed by atoms with Crippen molar-refractivity contribution < 1.29 is 9.47 Å². The van der Waals surface area contributed by atoms with Crippen molar-refractivity contribution in [3.05, 3.63) is 42.2 Å². The van der Waals surface area contributed by atoms with Crippen LogP contribution in [0.3, 0.4) is 0 Å². The number of benzene rings is 2. The molecule has 1 fully saturated rings. The Morgan fingerprint density at radius 3 is 2.65 bits per heavy atom. The Hall–Kier alpha value is -2.80. The van der Waals surface area contributed by atoms with Crippen LogP contribution in [0.25, 0.3) is 21.3 Å². The van der Waals surface area contributed by atoms with Gasteiger partial charge >= 0.3 is 0 Å². The van der Waals surface area contributed by atoms with Crippen LogP contribution >= 0.6 is 11.3 Å². The molecule has 1 saturated carbocycles. The second kappa shape index (κ2) is 8.38. The standard InChI is InChI=1S/C24H28N4O2S/c1-27(17-9-5-4-6-10-17)24-26-23-16(8-7-11-22(23)31-24)14-28-15-25-18-12-20(29-2)21(30-3)13-19(18)28/h7-8,11-13,15,17H,4-6,9-10,14H2,1-3H3. The lowest BCUT2D eigenvalue weighted by atomic mass is 9.95. The summed E-state index contributed by atoms with van der Waals surface area (Å²) in [5, 5.41) is 1.12. The molecular formula is C24H28N4O2S. The molecule has 0 amide bonds. The van der Waals surface area contributed by atoms with E-state index in [4.69, 9.17) is 14.5 Å². The Morgan fingerprint density at radius 2 is 1.87 bits per heavy atom. The van der Waals surface area contributed by atoms with Crippen LogP contribution in [0.5, 0.6) is 11.5 Å². The largest absolute Gasteiger partial charge is 0.493 e. The maximum Gasteiger partial charge on any atom is 0.186 e. The number of imidazole rings is 1. The van der Waals surface area contributed by atoms with E-state index in [0.29, 0.717) is 24.1 Å². The van der Waals surface area contributed by atoms with Crippen LogP contribution in [-0.4, -0.2) is 41.8 Å². The van der Waals surface area contributed by atoms with Crippen molar-refractivity contribution in [2.75, 3.05) is 26.2 Å². The molecule has 7 heteroatoms. The number of fused-ring (bicyclic) bond motifs is 2. The van der Waals surface area contributed by atoms with Gasteiger partial charge in [-0.1, -0.05) is 42.7 Å². The van der Waals surface area contributed by atoms with Crippen LogP contribution in [0.15, 0.2) is 36.7 Å². The molecule has 2 aromatic heterocycles. The van der Waals surface area contributed by atoms with E-state index in [9.17, 15) is 0 Å². The SMILES string of the molecule is COc1cc2ncn(Cc3cccc4sc(N(C)C5CCCCC5)nc34)c2cc1OC. The fraction of sp³-hybridized carbons (Fsp3) is 0.417. The molecule has 0 aliphatic heterocycles. The summed E-state index contributed by atoms with van der Waals surface area (Å²) in [6, 6.07) is 11.0. The average molecular weight is 437 g/mol. The number of thiazole rings is 1. The van der Waals surface area contributed by atoms with Crippen LogP contribution in [0.1, 0.15) is 37.7 Å². The molecule has 0 unspecified atom stereocenters. The molecule has 0 bridgehead atoms. The van der Waals surface area contributed by atoms with E-state index in [-0.39, 0.29) is 0 Å². The third-order valence-electron chi connectivity index (χ3n) is 6.38. The Balaban J connectivity index is 1.49. The number of hydrogen-bond acceptors (Lipinski definition) is 6. The summed E-state index contributed by atoms with van der Waals surface area (Å²) in [5.74, 6) is 1.40. The lowest BCUT2D eigenvalue weighted by molar-refractivity contribution is 0.355. The minimum Gasteiger partial charge on any atom is -0.493 e. The maximum atomic E-state index is 5.49. The zero-order valence-electron chi connectivity index (χ0n) is 18.3. The van der Waals surface area contributed by atoms with Crippen molar-refractivity contribution in [3.63, 3.8) is 0 Å². The van der Waals surface area contributed by atoms with E-state index in [2.05, 4.69) is 39.7 Å². The van der Waals surface area contributed by atoms with E-state index >= 15 is 0 Å². The third-order valence-corrected chi connectivity index (χ3v) is 7.49. The summed E-state index contributed by atoms with van der Waals surface area (Å²) in [5.41, 5.74) is 4.20. The van der Waals surface area contributed by atoms with Gasteiger partial charge in [-0.3, -0.25) is 0 Å². The number of para-hydroxylation sites is 1. The van der Waals surface area contributed by atoms with Gasteiger partial charge in [-0.05, 0) is 24.5 Å². The maximum absolute atomic E-state index is 5.49. The number of anilines is 1. The van der Waals surface area contributed by atoms with Crippen LogP contribution in [0.4, 0.5) is 5.13 Å². The molecule has 5 rings (SSSR count). The van der Waals surface area contributed by atoms with Crippen molar-refractivity contribution in [2.24, 2.45) is 0 Å². The second-order valence-electron chi connectivity index (χ2n) is 8.23. The molecule has 4 aromatic rings. The Bertz CT molecular complexity index is 1210. The van der Waals surface area contributed by atoms with Crippen molar-refractivity contribution in [1.29, 1.82) is 0 Å². The highest BCUT2D eigenvalue weighted by Crippen LogP contribution is 2.35. The molecule has 0 spiro atoms. The van der Waals surface area contributed by atoms with E-state index < -0.39 is 0 Å². The second-order valence-corrected chi connectivity index (χ2v) is 9.24. The highest BCUT2D eigenvalue weighted by molar-refractivity contribution is 7.22. The molecular weight excluding hydrogens is 408 g/mol. The zero-order valence-corrected chi connectivity index (χ0v) is 19.1.